The van der Waals surface area contributed by atoms with Crippen LogP contribution in [0, 0.1) is 0 Å². The van der Waals surface area contributed by atoms with E-state index in [1.165, 1.54) is 6.21 Å². The van der Waals surface area contributed by atoms with Gasteiger partial charge in [0.05, 0.1) is 6.21 Å². The molecule has 1 heterocycles. The molecule has 0 spiro atoms. The molecule has 35 valence electrons. The largest absolute Gasteiger partial charge is 0.342 e. The van der Waals surface area contributed by atoms with Crippen molar-refractivity contribution in [2.45, 2.75) is 0 Å². The van der Waals surface area contributed by atoms with Crippen LogP contribution in [-0.4, -0.2) is 18.8 Å². The molecule has 0 aliphatic carbocycles. The Labute approximate surface area is 40.2 Å². The molecule has 0 unspecified atom stereocenters. The lowest BCUT2D eigenvalue weighted by Gasteiger charge is -1.74. The van der Waals surface area contributed by atoms with Crippen LogP contribution in [0.4, 0.5) is 0 Å². The van der Waals surface area contributed by atoms with Gasteiger partial charge in [0.1, 0.15) is 0 Å². The molecule has 4 nitrogen and oxygen atoms in total. The molecule has 0 amide bonds. The minimum atomic E-state index is 1.12. The Balaban J connectivity index is 2.60. The maximum Gasteiger partial charge on any atom is 0.231 e. The third-order valence-electron chi connectivity index (χ3n) is 0.382. The van der Waals surface area contributed by atoms with Gasteiger partial charge in [-0.2, -0.15) is 5.10 Å². The second-order valence-corrected chi connectivity index (χ2v) is 0.791. The topological polar surface area (TPSA) is 46.3 Å². The molecule has 0 fully saturated rings. The molecule has 1 radical (unpaired) electrons. The maximum absolute atomic E-state index is 4.29. The van der Waals surface area contributed by atoms with Crippen molar-refractivity contribution in [2.24, 2.45) is 15.4 Å². The highest BCUT2D eigenvalue weighted by Gasteiger charge is 1.73. The third-order valence-corrected chi connectivity index (χ3v) is 0.382. The summed E-state index contributed by atoms with van der Waals surface area (Å²) in [5.74, 6) is 0. The van der Waals surface area contributed by atoms with Crippen LogP contribution in [-0.2, 0) is 4.84 Å². The summed E-state index contributed by atoms with van der Waals surface area (Å²) in [7, 11) is 0. The molecule has 0 aromatic heterocycles. The van der Waals surface area contributed by atoms with E-state index in [0.29, 0.717) is 0 Å². The van der Waals surface area contributed by atoms with Crippen molar-refractivity contribution < 1.29 is 4.84 Å². The van der Waals surface area contributed by atoms with Crippen LogP contribution in [0.2, 0.25) is 0 Å². The lowest BCUT2D eigenvalue weighted by molar-refractivity contribution is 0.348. The Hall–Kier alpha value is -1.19. The van der Waals surface area contributed by atoms with Crippen molar-refractivity contribution in [1.82, 2.24) is 0 Å². The average molecular weight is 96.1 g/mol. The van der Waals surface area contributed by atoms with Gasteiger partial charge in [-0.1, -0.05) is 5.16 Å². The molecule has 1 aliphatic heterocycles. The summed E-state index contributed by atoms with van der Waals surface area (Å²) in [5, 5.41) is 9.94. The normalized spacial score (nSPS) is 16.0. The van der Waals surface area contributed by atoms with E-state index in [0.717, 1.165) is 6.40 Å². The van der Waals surface area contributed by atoms with Crippen LogP contribution >= 0.6 is 0 Å². The van der Waals surface area contributed by atoms with Gasteiger partial charge in [-0.3, -0.25) is 0 Å². The Kier molecular flexibility index (Phi) is 1.18. The van der Waals surface area contributed by atoms with Gasteiger partial charge in [-0.05, 0) is 0 Å². The first-order chi connectivity index (χ1) is 3.50. The zero-order chi connectivity index (χ0) is 4.95. The summed E-state index contributed by atoms with van der Waals surface area (Å²) < 4.78 is 0. The number of rotatable bonds is 0. The second kappa shape index (κ2) is 2.07. The van der Waals surface area contributed by atoms with Crippen molar-refractivity contribution in [3.8, 4) is 0 Å². The van der Waals surface area contributed by atoms with E-state index in [1.54, 1.807) is 0 Å². The van der Waals surface area contributed by atoms with Gasteiger partial charge in [-0.15, -0.1) is 5.10 Å². The molecule has 0 aromatic rings. The fourth-order valence-electron chi connectivity index (χ4n) is 0.185. The third kappa shape index (κ3) is 1.13. The first kappa shape index (κ1) is 3.98. The monoisotopic (exact) mass is 96.0 g/mol. The molecule has 0 atom stereocenters. The summed E-state index contributed by atoms with van der Waals surface area (Å²) in [6.07, 6.45) is 4.76. The molecule has 0 saturated heterocycles. The first-order valence-corrected chi connectivity index (χ1v) is 1.65. The van der Waals surface area contributed by atoms with Crippen LogP contribution in [0.5, 0.6) is 0 Å². The van der Waals surface area contributed by atoms with Crippen LogP contribution < -0.4 is 0 Å². The summed E-state index contributed by atoms with van der Waals surface area (Å²) in [5.41, 5.74) is 0. The van der Waals surface area contributed by atoms with Crippen LogP contribution in [0.15, 0.2) is 15.4 Å². The van der Waals surface area contributed by atoms with Gasteiger partial charge in [0.15, 0.2) is 6.21 Å². The molecule has 1 aliphatic rings. The summed E-state index contributed by atoms with van der Waals surface area (Å²) in [6, 6.07) is 0. The summed E-state index contributed by atoms with van der Waals surface area (Å²) in [6.45, 7) is 0. The Morgan fingerprint density at radius 1 is 1.43 bits per heavy atom. The number of hydrogen-bond acceptors (Lipinski definition) is 4. The minimum Gasteiger partial charge on any atom is -0.342 e. The Morgan fingerprint density at radius 2 is 2.43 bits per heavy atom. The van der Waals surface area contributed by atoms with Gasteiger partial charge in [0.25, 0.3) is 0 Å². The SMILES string of the molecule is [C]1=NOC=NN=C1. The van der Waals surface area contributed by atoms with Crippen molar-refractivity contribution in [3.63, 3.8) is 0 Å². The van der Waals surface area contributed by atoms with E-state index in [4.69, 9.17) is 0 Å². The Morgan fingerprint density at radius 3 is 3.43 bits per heavy atom. The van der Waals surface area contributed by atoms with Gasteiger partial charge >= 0.3 is 0 Å². The molecule has 0 bridgehead atoms. The minimum absolute atomic E-state index is 1.12. The smallest absolute Gasteiger partial charge is 0.231 e. The first-order valence-electron chi connectivity index (χ1n) is 1.65. The maximum atomic E-state index is 4.29. The van der Waals surface area contributed by atoms with Crippen molar-refractivity contribution in [3.05, 3.63) is 0 Å². The van der Waals surface area contributed by atoms with Crippen LogP contribution in [0.1, 0.15) is 0 Å². The average Bonchev–Trinajstić information content (AvgIpc) is 1.90. The molecule has 0 saturated carbocycles. The molecule has 1 rings (SSSR count). The zero-order valence-corrected chi connectivity index (χ0v) is 3.40. The molecule has 0 N–H and O–H groups in total. The molecular weight excluding hydrogens is 94.1 g/mol. The highest BCUT2D eigenvalue weighted by molar-refractivity contribution is 6.15. The number of hydrogen-bond donors (Lipinski definition) is 0. The van der Waals surface area contributed by atoms with E-state index in [-0.39, 0.29) is 0 Å². The van der Waals surface area contributed by atoms with E-state index in [1.807, 2.05) is 0 Å². The van der Waals surface area contributed by atoms with Gasteiger partial charge in [0.2, 0.25) is 6.40 Å². The highest BCUT2D eigenvalue weighted by atomic mass is 16.6. The summed E-state index contributed by atoms with van der Waals surface area (Å²) in [4.78, 5) is 4.29. The predicted octanol–water partition coefficient (Wildman–Crippen LogP) is -0.106. The van der Waals surface area contributed by atoms with Crippen molar-refractivity contribution >= 4 is 18.8 Å². The lowest BCUT2D eigenvalue weighted by Crippen LogP contribution is -1.72. The fourth-order valence-corrected chi connectivity index (χ4v) is 0.185. The molecule has 7 heavy (non-hydrogen) atoms. The molecule has 4 heteroatoms. The van der Waals surface area contributed by atoms with E-state index >= 15 is 0 Å². The Bertz CT molecular complexity index is 112. The van der Waals surface area contributed by atoms with E-state index in [9.17, 15) is 0 Å². The van der Waals surface area contributed by atoms with E-state index in [2.05, 4.69) is 26.4 Å². The van der Waals surface area contributed by atoms with Crippen LogP contribution in [0.25, 0.3) is 0 Å². The van der Waals surface area contributed by atoms with Gasteiger partial charge < -0.3 is 4.84 Å². The fraction of sp³-hybridized carbons (Fsp3) is 0. The second-order valence-electron chi connectivity index (χ2n) is 0.791. The molecular formula is C3H2N3O. The highest BCUT2D eigenvalue weighted by Crippen LogP contribution is 1.74. The lowest BCUT2D eigenvalue weighted by atomic mass is 10.8. The molecule has 0 aromatic carbocycles. The standard InChI is InChI=1S/C3H2N3O/c1-2-6-7-3-5-4-1/h1,3H. The van der Waals surface area contributed by atoms with Gasteiger partial charge in [-0.25, -0.2) is 0 Å². The zero-order valence-electron chi connectivity index (χ0n) is 3.40. The van der Waals surface area contributed by atoms with Crippen molar-refractivity contribution in [2.75, 3.05) is 0 Å². The summed E-state index contributed by atoms with van der Waals surface area (Å²) >= 11 is 0. The van der Waals surface area contributed by atoms with Crippen molar-refractivity contribution in [1.29, 1.82) is 0 Å². The number of nitrogens with zero attached hydrogens (tertiary/aromatic N) is 3. The van der Waals surface area contributed by atoms with Crippen LogP contribution in [0.3, 0.4) is 0 Å². The quantitative estimate of drug-likeness (QED) is 0.415. The van der Waals surface area contributed by atoms with Gasteiger partial charge in [0, 0.05) is 0 Å². The predicted molar refractivity (Wildman–Crippen MR) is 25.5 cm³/mol. The van der Waals surface area contributed by atoms with E-state index < -0.39 is 0 Å².